The summed E-state index contributed by atoms with van der Waals surface area (Å²) >= 11 is 0. The maximum Gasteiger partial charge on any atom is 0.416 e. The van der Waals surface area contributed by atoms with Gasteiger partial charge in [0.15, 0.2) is 5.82 Å². The Kier molecular flexibility index (Phi) is 4.89. The Morgan fingerprint density at radius 3 is 2.70 bits per heavy atom. The van der Waals surface area contributed by atoms with Crippen LogP contribution < -0.4 is 16.0 Å². The lowest BCUT2D eigenvalue weighted by Gasteiger charge is -2.13. The molecule has 2 aromatic carbocycles. The van der Waals surface area contributed by atoms with Gasteiger partial charge in [0.05, 0.1) is 22.0 Å². The van der Waals surface area contributed by atoms with Crippen LogP contribution in [0.4, 0.5) is 30.6 Å². The third-order valence-electron chi connectivity index (χ3n) is 5.21. The van der Waals surface area contributed by atoms with Crippen molar-refractivity contribution in [3.63, 3.8) is 0 Å². The predicted octanol–water partition coefficient (Wildman–Crippen LogP) is 4.47. The Balaban J connectivity index is 1.66. The SMILES string of the molecule is CNC(=O)c1c#cc2c(c1)nc(Nc1cccc(C(F)(F)F)c1)c1nc(NC3CC3)ncc12. The molecule has 3 N–H and O–H groups in total. The van der Waals surface area contributed by atoms with Gasteiger partial charge in [-0.25, -0.2) is 15.0 Å². The van der Waals surface area contributed by atoms with E-state index in [4.69, 9.17) is 0 Å². The number of nitrogens with one attached hydrogen (secondary N) is 3. The smallest absolute Gasteiger partial charge is 0.355 e. The second kappa shape index (κ2) is 7.78. The van der Waals surface area contributed by atoms with Gasteiger partial charge in [-0.15, -0.1) is 0 Å². The molecule has 2 aromatic heterocycles. The second-order valence-electron chi connectivity index (χ2n) is 7.69. The monoisotopic (exact) mass is 450 g/mol. The van der Waals surface area contributed by atoms with E-state index in [0.717, 1.165) is 25.0 Å². The summed E-state index contributed by atoms with van der Waals surface area (Å²) in [5.41, 5.74) is 0.463. The van der Waals surface area contributed by atoms with Gasteiger partial charge in [-0.2, -0.15) is 13.2 Å². The zero-order chi connectivity index (χ0) is 23.2. The summed E-state index contributed by atoms with van der Waals surface area (Å²) < 4.78 is 39.6. The van der Waals surface area contributed by atoms with Crippen LogP contribution in [0.5, 0.6) is 0 Å². The van der Waals surface area contributed by atoms with Gasteiger partial charge in [0.25, 0.3) is 5.91 Å². The summed E-state index contributed by atoms with van der Waals surface area (Å²) in [4.78, 5) is 25.5. The fourth-order valence-corrected chi connectivity index (χ4v) is 3.38. The molecule has 0 spiro atoms. The summed E-state index contributed by atoms with van der Waals surface area (Å²) in [5.74, 6) is 0.285. The maximum atomic E-state index is 13.2. The topological polar surface area (TPSA) is 91.8 Å². The van der Waals surface area contributed by atoms with Gasteiger partial charge in [0.1, 0.15) is 5.52 Å². The van der Waals surface area contributed by atoms with E-state index in [1.165, 1.54) is 25.2 Å². The molecule has 0 unspecified atom stereocenters. The van der Waals surface area contributed by atoms with E-state index in [-0.39, 0.29) is 23.0 Å². The number of halogens is 3. The van der Waals surface area contributed by atoms with Crippen molar-refractivity contribution in [3.05, 3.63) is 59.8 Å². The van der Waals surface area contributed by atoms with Gasteiger partial charge in [-0.1, -0.05) is 18.2 Å². The molecule has 1 aliphatic rings. The van der Waals surface area contributed by atoms with Crippen LogP contribution >= 0.6 is 0 Å². The average molecular weight is 450 g/mol. The molecule has 0 aliphatic heterocycles. The van der Waals surface area contributed by atoms with Crippen molar-refractivity contribution in [1.29, 1.82) is 0 Å². The zero-order valence-corrected chi connectivity index (χ0v) is 17.3. The summed E-state index contributed by atoms with van der Waals surface area (Å²) in [6, 6.07) is 12.4. The van der Waals surface area contributed by atoms with Gasteiger partial charge in [-0.3, -0.25) is 4.79 Å². The standard InChI is InChI=1S/C23H17F3N6O/c1-27-21(33)12-5-8-16-17-11-28-22(30-14-6-7-14)32-19(17)20(31-18(16)9-12)29-15-4-2-3-13(10-15)23(24,25)26/h2-4,9-11,14H,6-7H2,1H3,(H,27,33)(H,29,31)(H,28,30,32). The number of benzene rings is 1. The molecule has 1 fully saturated rings. The predicted molar refractivity (Wildman–Crippen MR) is 117 cm³/mol. The third-order valence-corrected chi connectivity index (χ3v) is 5.21. The lowest BCUT2D eigenvalue weighted by Crippen LogP contribution is -2.17. The Labute approximate surface area is 186 Å². The Hall–Kier alpha value is -4.13. The number of fused-ring (bicyclic) bond motifs is 3. The minimum Gasteiger partial charge on any atom is -0.355 e. The summed E-state index contributed by atoms with van der Waals surface area (Å²) in [5, 5.41) is 9.81. The molecule has 1 saturated carbocycles. The number of rotatable bonds is 5. The summed E-state index contributed by atoms with van der Waals surface area (Å²) in [6.07, 6.45) is -0.818. The number of aromatic nitrogens is 3. The van der Waals surface area contributed by atoms with E-state index in [1.54, 1.807) is 6.20 Å². The molecule has 10 heteroatoms. The molecule has 166 valence electrons. The normalized spacial score (nSPS) is 13.6. The van der Waals surface area contributed by atoms with Gasteiger partial charge < -0.3 is 16.0 Å². The van der Waals surface area contributed by atoms with Crippen LogP contribution in [0.25, 0.3) is 21.8 Å². The Bertz CT molecular complexity index is 1380. The van der Waals surface area contributed by atoms with E-state index in [9.17, 15) is 18.0 Å². The maximum absolute atomic E-state index is 13.2. The highest BCUT2D eigenvalue weighted by molar-refractivity contribution is 6.09. The number of carbonyl (C=O) groups excluding carboxylic acids is 1. The molecule has 0 saturated heterocycles. The van der Waals surface area contributed by atoms with E-state index in [2.05, 4.69) is 43.0 Å². The largest absolute Gasteiger partial charge is 0.416 e. The first-order valence-electron chi connectivity index (χ1n) is 10.2. The number of amides is 1. The molecule has 2 heterocycles. The molecule has 0 atom stereocenters. The summed E-state index contributed by atoms with van der Waals surface area (Å²) in [7, 11) is 1.50. The van der Waals surface area contributed by atoms with Crippen molar-refractivity contribution in [2.75, 3.05) is 17.7 Å². The lowest BCUT2D eigenvalue weighted by molar-refractivity contribution is -0.137. The third kappa shape index (κ3) is 4.17. The van der Waals surface area contributed by atoms with Crippen LogP contribution in [0.1, 0.15) is 28.8 Å². The number of alkyl halides is 3. The second-order valence-corrected chi connectivity index (χ2v) is 7.69. The van der Waals surface area contributed by atoms with Gasteiger partial charge in [0.2, 0.25) is 5.95 Å². The Morgan fingerprint density at radius 1 is 1.15 bits per heavy atom. The van der Waals surface area contributed by atoms with Gasteiger partial charge >= 0.3 is 6.18 Å². The lowest BCUT2D eigenvalue weighted by atomic mass is 10.1. The van der Waals surface area contributed by atoms with Gasteiger partial charge in [-0.05, 0) is 37.1 Å². The van der Waals surface area contributed by atoms with E-state index >= 15 is 0 Å². The summed E-state index contributed by atoms with van der Waals surface area (Å²) in [6.45, 7) is 0. The molecule has 4 aromatic rings. The zero-order valence-electron chi connectivity index (χ0n) is 17.3. The van der Waals surface area contributed by atoms with Crippen LogP contribution in [0.15, 0.2) is 36.5 Å². The van der Waals surface area contributed by atoms with Crippen molar-refractivity contribution in [2.24, 2.45) is 0 Å². The Morgan fingerprint density at radius 2 is 1.97 bits per heavy atom. The molecule has 33 heavy (non-hydrogen) atoms. The fraction of sp³-hybridized carbons (Fsp3) is 0.217. The van der Waals surface area contributed by atoms with Crippen molar-refractivity contribution < 1.29 is 18.0 Å². The number of hydrogen-bond donors (Lipinski definition) is 3. The fourth-order valence-electron chi connectivity index (χ4n) is 3.38. The highest BCUT2D eigenvalue weighted by atomic mass is 19.4. The van der Waals surface area contributed by atoms with Gasteiger partial charge in [0, 0.05) is 30.4 Å². The first kappa shape index (κ1) is 20.8. The molecular formula is C23H17F3N6O. The first-order chi connectivity index (χ1) is 15.8. The number of hydrogen-bond acceptors (Lipinski definition) is 6. The number of nitrogens with zero attached hydrogens (tertiary/aromatic N) is 3. The van der Waals surface area contributed by atoms with Crippen molar-refractivity contribution in [1.82, 2.24) is 20.3 Å². The first-order valence-corrected chi connectivity index (χ1v) is 10.2. The van der Waals surface area contributed by atoms with Crippen LogP contribution in [0, 0.1) is 12.1 Å². The minimum atomic E-state index is -4.48. The van der Waals surface area contributed by atoms with Crippen molar-refractivity contribution in [2.45, 2.75) is 25.1 Å². The van der Waals surface area contributed by atoms with Crippen LogP contribution in [0.2, 0.25) is 0 Å². The minimum absolute atomic E-state index is 0.200. The molecule has 1 aliphatic carbocycles. The van der Waals surface area contributed by atoms with E-state index in [1.807, 2.05) is 0 Å². The number of carbonyl (C=O) groups is 1. The van der Waals surface area contributed by atoms with Crippen molar-refractivity contribution >= 4 is 45.2 Å². The van der Waals surface area contributed by atoms with E-state index < -0.39 is 11.7 Å². The average Bonchev–Trinajstić information content (AvgIpc) is 3.62. The van der Waals surface area contributed by atoms with Crippen LogP contribution in [-0.2, 0) is 6.18 Å². The van der Waals surface area contributed by atoms with Crippen molar-refractivity contribution in [3.8, 4) is 0 Å². The van der Waals surface area contributed by atoms with Crippen LogP contribution in [-0.4, -0.2) is 33.9 Å². The van der Waals surface area contributed by atoms with E-state index in [0.29, 0.717) is 33.8 Å². The highest BCUT2D eigenvalue weighted by Crippen LogP contribution is 2.34. The quantitative estimate of drug-likeness (QED) is 0.416. The molecule has 1 amide bonds. The molecule has 5 rings (SSSR count). The van der Waals surface area contributed by atoms with Crippen LogP contribution in [0.3, 0.4) is 0 Å². The molecule has 0 radical (unpaired) electrons. The molecular weight excluding hydrogens is 433 g/mol. The molecule has 0 bridgehead atoms. The molecule has 7 nitrogen and oxygen atoms in total. The highest BCUT2D eigenvalue weighted by Gasteiger charge is 2.30. The number of pyridine rings is 1. The number of anilines is 3.